The van der Waals surface area contributed by atoms with Crippen LogP contribution in [0.5, 0.6) is 0 Å². The van der Waals surface area contributed by atoms with E-state index in [2.05, 4.69) is 0 Å². The number of carboxylic acids is 1. The van der Waals surface area contributed by atoms with Crippen LogP contribution in [0.25, 0.3) is 10.9 Å². The van der Waals surface area contributed by atoms with Crippen LogP contribution < -0.4 is 0 Å². The first-order chi connectivity index (χ1) is 12.9. The molecule has 1 aromatic heterocycles. The van der Waals surface area contributed by atoms with Crippen molar-refractivity contribution in [3.8, 4) is 0 Å². The number of alkyl halides is 3. The van der Waals surface area contributed by atoms with Gasteiger partial charge in [-0.15, -0.1) is 0 Å². The molecule has 0 aliphatic heterocycles. The van der Waals surface area contributed by atoms with Crippen molar-refractivity contribution < 1.29 is 27.9 Å². The molecule has 146 valence electrons. The number of aryl methyl sites for hydroxylation is 2. The molecule has 1 heterocycles. The van der Waals surface area contributed by atoms with Gasteiger partial charge < -0.3 is 5.11 Å². The summed E-state index contributed by atoms with van der Waals surface area (Å²) in [7, 11) is 0. The van der Waals surface area contributed by atoms with E-state index in [0.717, 1.165) is 12.1 Å². The molecule has 0 radical (unpaired) electrons. The number of aromatic carboxylic acids is 1. The van der Waals surface area contributed by atoms with Crippen molar-refractivity contribution in [2.24, 2.45) is 0 Å². The third-order valence-corrected chi connectivity index (χ3v) is 5.81. The number of nitrogens with zero attached hydrogens (tertiary/aromatic N) is 1. The van der Waals surface area contributed by atoms with Gasteiger partial charge in [0.25, 0.3) is 5.91 Å². The van der Waals surface area contributed by atoms with Crippen molar-refractivity contribution in [3.05, 3.63) is 66.9 Å². The lowest BCUT2D eigenvalue weighted by Crippen LogP contribution is -2.16. The molecule has 0 fully saturated rings. The van der Waals surface area contributed by atoms with Gasteiger partial charge in [-0.25, -0.2) is 4.79 Å². The number of hydrogen-bond acceptors (Lipinski definition) is 2. The van der Waals surface area contributed by atoms with Crippen LogP contribution in [0, 0.1) is 17.4 Å². The fraction of sp³-hybridized carbons (Fsp3) is 0.158. The van der Waals surface area contributed by atoms with Crippen molar-refractivity contribution in [2.45, 2.75) is 20.0 Å². The van der Waals surface area contributed by atoms with Gasteiger partial charge in [0.1, 0.15) is 0 Å². The minimum absolute atomic E-state index is 0.0154. The standard InChI is InChI=1S/C19H12ClF3INO3/c1-8-5-10(19(21,22)23)6-12-9(2)7-25(16(8)12)17(26)14-13(20)4-3-11(15(14)24)18(27)28/h3-7H,1-2H3,(H,27,28). The Morgan fingerprint density at radius 2 is 1.79 bits per heavy atom. The minimum atomic E-state index is -4.51. The van der Waals surface area contributed by atoms with Gasteiger partial charge in [0.05, 0.1) is 27.2 Å². The second kappa shape index (κ2) is 7.07. The van der Waals surface area contributed by atoms with Crippen molar-refractivity contribution in [1.82, 2.24) is 4.57 Å². The molecule has 0 unspecified atom stereocenters. The monoisotopic (exact) mass is 521 g/mol. The van der Waals surface area contributed by atoms with E-state index in [9.17, 15) is 27.9 Å². The maximum absolute atomic E-state index is 13.2. The van der Waals surface area contributed by atoms with E-state index in [1.807, 2.05) is 0 Å². The quantitative estimate of drug-likeness (QED) is 0.426. The van der Waals surface area contributed by atoms with Crippen LogP contribution in [0.3, 0.4) is 0 Å². The molecule has 0 spiro atoms. The van der Waals surface area contributed by atoms with Gasteiger partial charge in [-0.3, -0.25) is 9.36 Å². The second-order valence-corrected chi connectivity index (χ2v) is 7.75. The average molecular weight is 522 g/mol. The molecule has 0 saturated heterocycles. The lowest BCUT2D eigenvalue weighted by Gasteiger charge is -2.13. The molecule has 9 heteroatoms. The summed E-state index contributed by atoms with van der Waals surface area (Å²) in [6, 6.07) is 4.59. The number of fused-ring (bicyclic) bond motifs is 1. The second-order valence-electron chi connectivity index (χ2n) is 6.26. The zero-order chi connectivity index (χ0) is 21.0. The summed E-state index contributed by atoms with van der Waals surface area (Å²) in [5, 5.41) is 9.64. The fourth-order valence-electron chi connectivity index (χ4n) is 3.09. The molecule has 0 aliphatic rings. The van der Waals surface area contributed by atoms with Crippen molar-refractivity contribution in [3.63, 3.8) is 0 Å². The summed E-state index contributed by atoms with van der Waals surface area (Å²) in [6.07, 6.45) is -3.08. The van der Waals surface area contributed by atoms with E-state index >= 15 is 0 Å². The summed E-state index contributed by atoms with van der Waals surface area (Å²) in [5.41, 5.74) is 0.176. The molecule has 3 aromatic rings. The Morgan fingerprint density at radius 3 is 2.36 bits per heavy atom. The van der Waals surface area contributed by atoms with E-state index in [0.29, 0.717) is 16.5 Å². The Labute approximate surface area is 176 Å². The molecule has 2 aromatic carbocycles. The number of halogens is 5. The maximum Gasteiger partial charge on any atom is 0.416 e. The number of rotatable bonds is 2. The normalized spacial score (nSPS) is 11.8. The van der Waals surface area contributed by atoms with E-state index in [1.54, 1.807) is 29.5 Å². The Bertz CT molecular complexity index is 1150. The first kappa shape index (κ1) is 20.7. The van der Waals surface area contributed by atoms with Crippen molar-refractivity contribution in [2.75, 3.05) is 0 Å². The Balaban J connectivity index is 2.28. The van der Waals surface area contributed by atoms with Gasteiger partial charge >= 0.3 is 12.1 Å². The van der Waals surface area contributed by atoms with Crippen LogP contribution in [0.2, 0.25) is 5.02 Å². The Morgan fingerprint density at radius 1 is 1.14 bits per heavy atom. The smallest absolute Gasteiger partial charge is 0.416 e. The maximum atomic E-state index is 13.2. The third kappa shape index (κ3) is 3.39. The van der Waals surface area contributed by atoms with Crippen molar-refractivity contribution in [1.29, 1.82) is 0 Å². The number of hydrogen-bond donors (Lipinski definition) is 1. The SMILES string of the molecule is Cc1cn(C(=O)c2c(Cl)ccc(C(=O)O)c2I)c2c(C)cc(C(F)(F)F)cc12. The predicted octanol–water partition coefficient (Wildman–Crippen LogP) is 5.92. The van der Waals surface area contributed by atoms with Crippen LogP contribution in [-0.2, 0) is 6.18 Å². The highest BCUT2D eigenvalue weighted by molar-refractivity contribution is 14.1. The summed E-state index contributed by atoms with van der Waals surface area (Å²) in [4.78, 5) is 24.6. The van der Waals surface area contributed by atoms with E-state index in [1.165, 1.54) is 29.8 Å². The topological polar surface area (TPSA) is 59.3 Å². The number of benzene rings is 2. The molecule has 1 N–H and O–H groups in total. The number of carbonyl (C=O) groups excluding carboxylic acids is 1. The first-order valence-corrected chi connectivity index (χ1v) is 9.34. The summed E-state index contributed by atoms with van der Waals surface area (Å²) >= 11 is 7.88. The molecular formula is C19H12ClF3INO3. The average Bonchev–Trinajstić information content (AvgIpc) is 2.91. The highest BCUT2D eigenvalue weighted by atomic mass is 127. The minimum Gasteiger partial charge on any atom is -0.478 e. The summed E-state index contributed by atoms with van der Waals surface area (Å²) < 4.78 is 40.8. The molecule has 3 rings (SSSR count). The lowest BCUT2D eigenvalue weighted by molar-refractivity contribution is -0.137. The van der Waals surface area contributed by atoms with Gasteiger partial charge in [-0.2, -0.15) is 13.2 Å². The Hall–Kier alpha value is -2.07. The van der Waals surface area contributed by atoms with Crippen LogP contribution in [0.1, 0.15) is 37.4 Å². The molecule has 0 saturated carbocycles. The molecule has 4 nitrogen and oxygen atoms in total. The highest BCUT2D eigenvalue weighted by Crippen LogP contribution is 2.36. The van der Waals surface area contributed by atoms with Crippen LogP contribution in [-0.4, -0.2) is 21.6 Å². The summed E-state index contributed by atoms with van der Waals surface area (Å²) in [5.74, 6) is -1.83. The fourth-order valence-corrected chi connectivity index (χ4v) is 4.42. The molecule has 0 aliphatic carbocycles. The highest BCUT2D eigenvalue weighted by Gasteiger charge is 2.32. The van der Waals surface area contributed by atoms with E-state index < -0.39 is 23.6 Å². The largest absolute Gasteiger partial charge is 0.478 e. The van der Waals surface area contributed by atoms with Gasteiger partial charge in [-0.1, -0.05) is 11.6 Å². The third-order valence-electron chi connectivity index (χ3n) is 4.37. The Kier molecular flexibility index (Phi) is 5.22. The zero-order valence-corrected chi connectivity index (χ0v) is 17.4. The van der Waals surface area contributed by atoms with Gasteiger partial charge in [0.2, 0.25) is 0 Å². The number of carboxylic acid groups (broad SMARTS) is 1. The molecular weight excluding hydrogens is 510 g/mol. The lowest BCUT2D eigenvalue weighted by atomic mass is 10.0. The molecule has 28 heavy (non-hydrogen) atoms. The van der Waals surface area contributed by atoms with E-state index in [-0.39, 0.29) is 25.3 Å². The zero-order valence-electron chi connectivity index (χ0n) is 14.5. The summed E-state index contributed by atoms with van der Waals surface area (Å²) in [6.45, 7) is 3.09. The molecule has 0 atom stereocenters. The molecule has 0 bridgehead atoms. The van der Waals surface area contributed by atoms with Crippen LogP contribution in [0.15, 0.2) is 30.5 Å². The van der Waals surface area contributed by atoms with E-state index in [4.69, 9.17) is 11.6 Å². The van der Waals surface area contributed by atoms with Gasteiger partial charge in [-0.05, 0) is 71.8 Å². The predicted molar refractivity (Wildman–Crippen MR) is 107 cm³/mol. The molecule has 0 amide bonds. The van der Waals surface area contributed by atoms with Gasteiger partial charge in [0, 0.05) is 15.2 Å². The first-order valence-electron chi connectivity index (χ1n) is 7.89. The van der Waals surface area contributed by atoms with Crippen LogP contribution in [0.4, 0.5) is 13.2 Å². The van der Waals surface area contributed by atoms with Crippen LogP contribution >= 0.6 is 34.2 Å². The number of carbonyl (C=O) groups is 2. The van der Waals surface area contributed by atoms with Gasteiger partial charge in [0.15, 0.2) is 0 Å². The number of aromatic nitrogens is 1. The van der Waals surface area contributed by atoms with Crippen molar-refractivity contribution >= 4 is 57.0 Å².